The first-order chi connectivity index (χ1) is 14.1. The number of aryl methyl sites for hydroxylation is 1. The topological polar surface area (TPSA) is 106 Å². The highest BCUT2D eigenvalue weighted by Gasteiger charge is 2.18. The molecule has 8 nitrogen and oxygen atoms in total. The number of rotatable bonds is 8. The van der Waals surface area contributed by atoms with E-state index < -0.39 is 12.6 Å². The summed E-state index contributed by atoms with van der Waals surface area (Å²) in [6, 6.07) is 6.09. The molecule has 0 aliphatic rings. The summed E-state index contributed by atoms with van der Waals surface area (Å²) in [5.74, 6) is -1.74. The second-order valence-electron chi connectivity index (χ2n) is 6.84. The molecular formula is C22H25N3O5. The first-order valence-corrected chi connectivity index (χ1v) is 9.30. The molecular weight excluding hydrogens is 386 g/mol. The normalized spacial score (nSPS) is 10.3. The third-order valence-corrected chi connectivity index (χ3v) is 4.33. The molecule has 0 bridgehead atoms. The average molecular weight is 411 g/mol. The highest BCUT2D eigenvalue weighted by atomic mass is 16.5. The Labute approximate surface area is 174 Å². The maximum Gasteiger partial charge on any atom is 0.338 e. The smallest absolute Gasteiger partial charge is 0.338 e. The van der Waals surface area contributed by atoms with Crippen LogP contribution in [0.1, 0.15) is 46.0 Å². The van der Waals surface area contributed by atoms with E-state index in [1.807, 2.05) is 18.4 Å². The zero-order valence-electron chi connectivity index (χ0n) is 17.5. The summed E-state index contributed by atoms with van der Waals surface area (Å²) in [6.45, 7) is 10.2. The zero-order valence-corrected chi connectivity index (χ0v) is 17.5. The third kappa shape index (κ3) is 5.66. The van der Waals surface area contributed by atoms with Crippen molar-refractivity contribution >= 4 is 34.9 Å². The van der Waals surface area contributed by atoms with Crippen molar-refractivity contribution in [2.75, 3.05) is 17.2 Å². The molecule has 158 valence electrons. The number of allylic oxidation sites excluding steroid dienone is 1. The number of nitrogens with one attached hydrogen (secondary N) is 2. The van der Waals surface area contributed by atoms with E-state index in [1.165, 1.54) is 32.0 Å². The maximum absolute atomic E-state index is 12.6. The predicted molar refractivity (Wildman–Crippen MR) is 114 cm³/mol. The lowest BCUT2D eigenvalue weighted by molar-refractivity contribution is -0.115. The van der Waals surface area contributed by atoms with E-state index in [9.17, 15) is 19.2 Å². The van der Waals surface area contributed by atoms with Gasteiger partial charge in [0, 0.05) is 48.7 Å². The number of hydrogen-bond acceptors (Lipinski definition) is 5. The summed E-state index contributed by atoms with van der Waals surface area (Å²) < 4.78 is 7.13. The number of ether oxygens (including phenoxy) is 1. The lowest BCUT2D eigenvalue weighted by atomic mass is 10.1. The van der Waals surface area contributed by atoms with Gasteiger partial charge >= 0.3 is 5.97 Å². The van der Waals surface area contributed by atoms with Gasteiger partial charge in [-0.15, -0.1) is 6.58 Å². The fraction of sp³-hybridized carbons (Fsp3) is 0.273. The number of hydrogen-bond donors (Lipinski definition) is 2. The summed E-state index contributed by atoms with van der Waals surface area (Å²) in [5.41, 5.74) is 2.89. The van der Waals surface area contributed by atoms with Gasteiger partial charge in [-0.2, -0.15) is 0 Å². The van der Waals surface area contributed by atoms with Crippen LogP contribution in [0, 0.1) is 13.8 Å². The van der Waals surface area contributed by atoms with E-state index >= 15 is 0 Å². The van der Waals surface area contributed by atoms with Crippen molar-refractivity contribution in [1.29, 1.82) is 0 Å². The molecule has 0 aliphatic carbocycles. The Morgan fingerprint density at radius 3 is 2.07 bits per heavy atom. The van der Waals surface area contributed by atoms with E-state index in [1.54, 1.807) is 12.1 Å². The molecule has 2 amide bonds. The standard InChI is InChI=1S/C22H25N3O5/c1-6-7-25-13(2)8-20(14(25)3)21(28)12-30-22(29)17-9-18(23-15(4)26)11-19(10-17)24-16(5)27/h6,8-11H,1,7,12H2,2-5H3,(H,23,26)(H,24,27). The number of amides is 2. The first kappa shape index (κ1) is 22.6. The Balaban J connectivity index is 2.18. The molecule has 0 saturated heterocycles. The van der Waals surface area contributed by atoms with Crippen LogP contribution in [0.4, 0.5) is 11.4 Å². The van der Waals surface area contributed by atoms with Crippen LogP contribution in [0.2, 0.25) is 0 Å². The van der Waals surface area contributed by atoms with Crippen LogP contribution in [-0.2, 0) is 20.9 Å². The fourth-order valence-corrected chi connectivity index (χ4v) is 3.08. The molecule has 0 spiro atoms. The van der Waals surface area contributed by atoms with Crippen molar-refractivity contribution in [2.24, 2.45) is 0 Å². The SMILES string of the molecule is C=CCn1c(C)cc(C(=O)COC(=O)c2cc(NC(C)=O)cc(NC(C)=O)c2)c1C. The molecule has 1 aromatic heterocycles. The maximum atomic E-state index is 12.6. The van der Waals surface area contributed by atoms with Crippen LogP contribution in [-0.4, -0.2) is 34.7 Å². The van der Waals surface area contributed by atoms with Crippen molar-refractivity contribution in [1.82, 2.24) is 4.57 Å². The van der Waals surface area contributed by atoms with E-state index in [0.717, 1.165) is 11.4 Å². The molecule has 2 aromatic rings. The molecule has 0 aliphatic heterocycles. The zero-order chi connectivity index (χ0) is 22.4. The highest BCUT2D eigenvalue weighted by Crippen LogP contribution is 2.21. The van der Waals surface area contributed by atoms with Gasteiger partial charge < -0.3 is 19.9 Å². The van der Waals surface area contributed by atoms with Gasteiger partial charge in [-0.1, -0.05) is 6.08 Å². The molecule has 1 aromatic carbocycles. The molecule has 8 heteroatoms. The quantitative estimate of drug-likeness (QED) is 0.394. The van der Waals surface area contributed by atoms with Crippen LogP contribution in [0.5, 0.6) is 0 Å². The minimum absolute atomic E-state index is 0.0925. The largest absolute Gasteiger partial charge is 0.454 e. The average Bonchev–Trinajstić information content (AvgIpc) is 2.93. The summed E-state index contributed by atoms with van der Waals surface area (Å²) in [6.07, 6.45) is 1.74. The molecule has 0 saturated carbocycles. The Morgan fingerprint density at radius 2 is 1.57 bits per heavy atom. The number of carbonyl (C=O) groups excluding carboxylic acids is 4. The highest BCUT2D eigenvalue weighted by molar-refractivity contribution is 6.01. The van der Waals surface area contributed by atoms with Crippen LogP contribution in [0.15, 0.2) is 36.9 Å². The van der Waals surface area contributed by atoms with Crippen LogP contribution < -0.4 is 10.6 Å². The van der Waals surface area contributed by atoms with Crippen molar-refractivity contribution in [3.63, 3.8) is 0 Å². The number of nitrogens with zero attached hydrogens (tertiary/aromatic N) is 1. The number of carbonyl (C=O) groups is 4. The van der Waals surface area contributed by atoms with Gasteiger partial charge in [-0.25, -0.2) is 4.79 Å². The van der Waals surface area contributed by atoms with Crippen molar-refractivity contribution in [2.45, 2.75) is 34.2 Å². The van der Waals surface area contributed by atoms with Crippen LogP contribution in [0.3, 0.4) is 0 Å². The van der Waals surface area contributed by atoms with E-state index in [0.29, 0.717) is 23.5 Å². The molecule has 1 heterocycles. The molecule has 0 atom stereocenters. The van der Waals surface area contributed by atoms with Gasteiger partial charge in [0.1, 0.15) is 0 Å². The fourth-order valence-electron chi connectivity index (χ4n) is 3.08. The number of aromatic nitrogens is 1. The Hall–Kier alpha value is -3.68. The Kier molecular flexibility index (Phi) is 7.30. The van der Waals surface area contributed by atoms with Gasteiger partial charge in [0.15, 0.2) is 6.61 Å². The molecule has 2 N–H and O–H groups in total. The minimum Gasteiger partial charge on any atom is -0.454 e. The Morgan fingerprint density at radius 1 is 1.00 bits per heavy atom. The van der Waals surface area contributed by atoms with E-state index in [2.05, 4.69) is 17.2 Å². The minimum atomic E-state index is -0.748. The van der Waals surface area contributed by atoms with Crippen molar-refractivity contribution in [3.8, 4) is 0 Å². The molecule has 0 radical (unpaired) electrons. The van der Waals surface area contributed by atoms with Gasteiger partial charge in [-0.3, -0.25) is 14.4 Å². The molecule has 0 unspecified atom stereocenters. The molecule has 0 fully saturated rings. The predicted octanol–water partition coefficient (Wildman–Crippen LogP) is 3.25. The summed E-state index contributed by atoms with van der Waals surface area (Å²) in [5, 5.41) is 5.11. The lowest BCUT2D eigenvalue weighted by Crippen LogP contribution is -2.16. The molecule has 2 rings (SSSR count). The lowest BCUT2D eigenvalue weighted by Gasteiger charge is -2.11. The van der Waals surface area contributed by atoms with Gasteiger partial charge in [0.2, 0.25) is 17.6 Å². The van der Waals surface area contributed by atoms with Gasteiger partial charge in [0.05, 0.1) is 5.56 Å². The number of esters is 1. The van der Waals surface area contributed by atoms with Gasteiger partial charge in [0.25, 0.3) is 0 Å². The van der Waals surface area contributed by atoms with Crippen LogP contribution in [0.25, 0.3) is 0 Å². The second kappa shape index (κ2) is 9.69. The van der Waals surface area contributed by atoms with Crippen LogP contribution >= 0.6 is 0 Å². The van der Waals surface area contributed by atoms with E-state index in [4.69, 9.17) is 4.74 Å². The van der Waals surface area contributed by atoms with Crippen molar-refractivity contribution < 1.29 is 23.9 Å². The summed E-state index contributed by atoms with van der Waals surface area (Å²) >= 11 is 0. The summed E-state index contributed by atoms with van der Waals surface area (Å²) in [4.78, 5) is 47.7. The summed E-state index contributed by atoms with van der Waals surface area (Å²) in [7, 11) is 0. The number of benzene rings is 1. The second-order valence-corrected chi connectivity index (χ2v) is 6.84. The third-order valence-electron chi connectivity index (χ3n) is 4.33. The van der Waals surface area contributed by atoms with Crippen molar-refractivity contribution in [3.05, 3.63) is 59.4 Å². The molecule has 30 heavy (non-hydrogen) atoms. The van der Waals surface area contributed by atoms with Gasteiger partial charge in [-0.05, 0) is 38.1 Å². The first-order valence-electron chi connectivity index (χ1n) is 9.30. The number of ketones is 1. The monoisotopic (exact) mass is 411 g/mol. The number of Topliss-reactive ketones (excluding diaryl/α,β-unsaturated/α-hetero) is 1. The van der Waals surface area contributed by atoms with E-state index in [-0.39, 0.29) is 23.2 Å². The Bertz CT molecular complexity index is 986. The number of anilines is 2.